The first kappa shape index (κ1) is 16.4. The molecule has 0 spiro atoms. The van der Waals surface area contributed by atoms with E-state index in [1.165, 1.54) is 6.07 Å². The Morgan fingerprint density at radius 3 is 2.58 bits per heavy atom. The predicted octanol–water partition coefficient (Wildman–Crippen LogP) is 3.56. The van der Waals surface area contributed by atoms with Crippen LogP contribution in [0.2, 0.25) is 0 Å². The summed E-state index contributed by atoms with van der Waals surface area (Å²) in [5.74, 6) is 0.587. The summed E-state index contributed by atoms with van der Waals surface area (Å²) in [6.45, 7) is -0.121. The van der Waals surface area contributed by atoms with Gasteiger partial charge in [0.2, 0.25) is 0 Å². The number of benzene rings is 2. The van der Waals surface area contributed by atoms with Gasteiger partial charge in [-0.15, -0.1) is 0 Å². The highest BCUT2D eigenvalue weighted by Crippen LogP contribution is 2.32. The summed E-state index contributed by atoms with van der Waals surface area (Å²) in [6, 6.07) is 14.3. The fraction of sp³-hybridized carbons (Fsp3) is 0.278. The van der Waals surface area contributed by atoms with Crippen LogP contribution in [0.25, 0.3) is 11.1 Å². The summed E-state index contributed by atoms with van der Waals surface area (Å²) in [4.78, 5) is 4.52. The second kappa shape index (κ2) is 6.57. The standard InChI is InChI=1S/C18H18F2N2O2/c1-18(11-23-10-16(21)22-18)14-6-2-4-12(8-14)13-5-3-7-15(9-13)24-17(19)20/h2-9,17H,10-11H2,1H3,(H2,21,22). The molecule has 0 amide bonds. The molecule has 1 aliphatic rings. The van der Waals surface area contributed by atoms with E-state index in [1.54, 1.807) is 12.1 Å². The summed E-state index contributed by atoms with van der Waals surface area (Å²) in [5, 5.41) is 0. The molecule has 24 heavy (non-hydrogen) atoms. The van der Waals surface area contributed by atoms with E-state index in [1.807, 2.05) is 37.3 Å². The number of amidine groups is 1. The minimum atomic E-state index is -2.85. The number of hydrogen-bond acceptors (Lipinski definition) is 4. The normalized spacial score (nSPS) is 20.8. The molecule has 0 saturated heterocycles. The molecular weight excluding hydrogens is 314 g/mol. The summed E-state index contributed by atoms with van der Waals surface area (Å²) in [5.41, 5.74) is 7.85. The first-order valence-electron chi connectivity index (χ1n) is 7.54. The zero-order valence-corrected chi connectivity index (χ0v) is 13.2. The van der Waals surface area contributed by atoms with Crippen LogP contribution in [0.4, 0.5) is 8.78 Å². The Morgan fingerprint density at radius 1 is 1.17 bits per heavy atom. The number of ether oxygens (including phenoxy) is 2. The molecular formula is C18H18F2N2O2. The van der Waals surface area contributed by atoms with Crippen molar-refractivity contribution in [3.63, 3.8) is 0 Å². The Morgan fingerprint density at radius 2 is 1.88 bits per heavy atom. The van der Waals surface area contributed by atoms with E-state index in [4.69, 9.17) is 10.5 Å². The molecule has 3 rings (SSSR count). The fourth-order valence-electron chi connectivity index (χ4n) is 2.77. The van der Waals surface area contributed by atoms with Crippen LogP contribution in [0.5, 0.6) is 5.75 Å². The molecule has 4 nitrogen and oxygen atoms in total. The van der Waals surface area contributed by atoms with Gasteiger partial charge in [0.05, 0.1) is 6.61 Å². The van der Waals surface area contributed by atoms with Gasteiger partial charge in [0.15, 0.2) is 0 Å². The third-order valence-electron chi connectivity index (χ3n) is 3.90. The van der Waals surface area contributed by atoms with E-state index in [9.17, 15) is 8.78 Å². The molecule has 6 heteroatoms. The van der Waals surface area contributed by atoms with Crippen molar-refractivity contribution in [2.45, 2.75) is 19.1 Å². The van der Waals surface area contributed by atoms with Crippen molar-refractivity contribution >= 4 is 5.84 Å². The molecule has 126 valence electrons. The predicted molar refractivity (Wildman–Crippen MR) is 88.3 cm³/mol. The first-order chi connectivity index (χ1) is 11.5. The van der Waals surface area contributed by atoms with Gasteiger partial charge in [0.25, 0.3) is 0 Å². The number of halogens is 2. The van der Waals surface area contributed by atoms with Crippen LogP contribution < -0.4 is 10.5 Å². The molecule has 0 aromatic heterocycles. The Labute approximate surface area is 138 Å². The van der Waals surface area contributed by atoms with E-state index in [-0.39, 0.29) is 5.75 Å². The monoisotopic (exact) mass is 332 g/mol. The molecule has 0 radical (unpaired) electrons. The second-order valence-corrected chi connectivity index (χ2v) is 5.86. The van der Waals surface area contributed by atoms with Gasteiger partial charge in [-0.25, -0.2) is 0 Å². The minimum Gasteiger partial charge on any atom is -0.435 e. The van der Waals surface area contributed by atoms with Gasteiger partial charge in [-0.3, -0.25) is 4.99 Å². The topological polar surface area (TPSA) is 56.8 Å². The van der Waals surface area contributed by atoms with Crippen LogP contribution in [0.1, 0.15) is 12.5 Å². The Hall–Kier alpha value is -2.47. The van der Waals surface area contributed by atoms with Gasteiger partial charge >= 0.3 is 6.61 Å². The lowest BCUT2D eigenvalue weighted by atomic mass is 9.90. The van der Waals surface area contributed by atoms with Crippen LogP contribution in [0.15, 0.2) is 53.5 Å². The number of rotatable bonds is 4. The average molecular weight is 332 g/mol. The van der Waals surface area contributed by atoms with E-state index in [0.717, 1.165) is 16.7 Å². The number of hydrogen-bond donors (Lipinski definition) is 1. The number of nitrogens with two attached hydrogens (primary N) is 1. The fourth-order valence-corrected chi connectivity index (χ4v) is 2.77. The SMILES string of the molecule is CC1(c2cccc(-c3cccc(OC(F)F)c3)c2)COCC(N)=N1. The zero-order valence-electron chi connectivity index (χ0n) is 13.2. The lowest BCUT2D eigenvalue weighted by molar-refractivity contribution is -0.0498. The number of alkyl halides is 2. The van der Waals surface area contributed by atoms with Gasteiger partial charge in [0.1, 0.15) is 23.7 Å². The summed E-state index contributed by atoms with van der Waals surface area (Å²) >= 11 is 0. The molecule has 1 aliphatic heterocycles. The Kier molecular flexibility index (Phi) is 4.49. The first-order valence-corrected chi connectivity index (χ1v) is 7.54. The molecule has 2 aromatic rings. The van der Waals surface area contributed by atoms with Crippen LogP contribution >= 0.6 is 0 Å². The largest absolute Gasteiger partial charge is 0.435 e. The maximum atomic E-state index is 12.4. The van der Waals surface area contributed by atoms with Crippen LogP contribution in [0, 0.1) is 0 Å². The lowest BCUT2D eigenvalue weighted by Crippen LogP contribution is -2.37. The number of nitrogens with zero attached hydrogens (tertiary/aromatic N) is 1. The van der Waals surface area contributed by atoms with Crippen LogP contribution in [-0.4, -0.2) is 25.7 Å². The summed E-state index contributed by atoms with van der Waals surface area (Å²) in [7, 11) is 0. The van der Waals surface area contributed by atoms with Crippen molar-refractivity contribution in [2.75, 3.05) is 13.2 Å². The van der Waals surface area contributed by atoms with Crippen molar-refractivity contribution in [2.24, 2.45) is 10.7 Å². The molecule has 0 fully saturated rings. The lowest BCUT2D eigenvalue weighted by Gasteiger charge is -2.30. The summed E-state index contributed by atoms with van der Waals surface area (Å²) in [6.07, 6.45) is 0. The Bertz CT molecular complexity index is 764. The van der Waals surface area contributed by atoms with Crippen LogP contribution in [0.3, 0.4) is 0 Å². The van der Waals surface area contributed by atoms with Crippen molar-refractivity contribution in [3.05, 3.63) is 54.1 Å². The van der Waals surface area contributed by atoms with Crippen molar-refractivity contribution in [1.82, 2.24) is 0 Å². The number of aliphatic imine (C=N–C) groups is 1. The van der Waals surface area contributed by atoms with E-state index in [0.29, 0.717) is 19.0 Å². The molecule has 1 unspecified atom stereocenters. The van der Waals surface area contributed by atoms with Crippen molar-refractivity contribution < 1.29 is 18.3 Å². The third-order valence-corrected chi connectivity index (χ3v) is 3.90. The highest BCUT2D eigenvalue weighted by atomic mass is 19.3. The molecule has 0 saturated carbocycles. The van der Waals surface area contributed by atoms with Gasteiger partial charge in [-0.1, -0.05) is 30.3 Å². The molecule has 0 aliphatic carbocycles. The molecule has 1 atom stereocenters. The third kappa shape index (κ3) is 3.54. The molecule has 2 N–H and O–H groups in total. The quantitative estimate of drug-likeness (QED) is 0.931. The van der Waals surface area contributed by atoms with E-state index in [2.05, 4.69) is 9.73 Å². The molecule has 1 heterocycles. The minimum absolute atomic E-state index is 0.127. The van der Waals surface area contributed by atoms with Crippen molar-refractivity contribution in [3.8, 4) is 16.9 Å². The Balaban J connectivity index is 1.95. The highest BCUT2D eigenvalue weighted by Gasteiger charge is 2.30. The highest BCUT2D eigenvalue weighted by molar-refractivity contribution is 5.82. The average Bonchev–Trinajstić information content (AvgIpc) is 2.54. The van der Waals surface area contributed by atoms with Gasteiger partial charge in [-0.05, 0) is 41.8 Å². The van der Waals surface area contributed by atoms with Gasteiger partial charge in [0, 0.05) is 0 Å². The molecule has 0 bridgehead atoms. The summed E-state index contributed by atoms with van der Waals surface area (Å²) < 4.78 is 34.7. The second-order valence-electron chi connectivity index (χ2n) is 5.86. The van der Waals surface area contributed by atoms with E-state index < -0.39 is 12.2 Å². The van der Waals surface area contributed by atoms with Gasteiger partial charge in [-0.2, -0.15) is 8.78 Å². The smallest absolute Gasteiger partial charge is 0.387 e. The molecule has 2 aromatic carbocycles. The van der Waals surface area contributed by atoms with Crippen LogP contribution in [-0.2, 0) is 10.3 Å². The van der Waals surface area contributed by atoms with Gasteiger partial charge < -0.3 is 15.2 Å². The zero-order chi connectivity index (χ0) is 17.2. The maximum Gasteiger partial charge on any atom is 0.387 e. The van der Waals surface area contributed by atoms with E-state index >= 15 is 0 Å². The van der Waals surface area contributed by atoms with Crippen molar-refractivity contribution in [1.29, 1.82) is 0 Å². The maximum absolute atomic E-state index is 12.4.